The summed E-state index contributed by atoms with van der Waals surface area (Å²) in [7, 11) is 1.23. The van der Waals surface area contributed by atoms with Crippen molar-refractivity contribution in [2.45, 2.75) is 13.1 Å². The number of methoxy groups -OCH3 is 1. The largest absolute Gasteiger partial charge is 0.467 e. The van der Waals surface area contributed by atoms with E-state index in [0.717, 1.165) is 4.68 Å². The van der Waals surface area contributed by atoms with Gasteiger partial charge < -0.3 is 14.8 Å². The first kappa shape index (κ1) is 23.1. The number of aromatic nitrogens is 2. The predicted octanol–water partition coefficient (Wildman–Crippen LogP) is 4.66. The number of rotatable bonds is 6. The van der Waals surface area contributed by atoms with Gasteiger partial charge in [0.1, 0.15) is 0 Å². The van der Waals surface area contributed by atoms with Gasteiger partial charge in [0.25, 0.3) is 5.91 Å². The van der Waals surface area contributed by atoms with Gasteiger partial charge in [-0.2, -0.15) is 23.0 Å². The van der Waals surface area contributed by atoms with Gasteiger partial charge in [-0.05, 0) is 36.8 Å². The molecule has 0 saturated carbocycles. The van der Waals surface area contributed by atoms with Crippen LogP contribution in [-0.4, -0.2) is 35.4 Å². The zero-order valence-corrected chi connectivity index (χ0v) is 17.6. The quantitative estimate of drug-likeness (QED) is 0.533. The van der Waals surface area contributed by atoms with Crippen LogP contribution >= 0.6 is 11.6 Å². The average molecular weight is 468 g/mol. The summed E-state index contributed by atoms with van der Waals surface area (Å²) in [5, 5.41) is 6.23. The summed E-state index contributed by atoms with van der Waals surface area (Å²) < 4.78 is 50.4. The van der Waals surface area contributed by atoms with E-state index in [2.05, 4.69) is 15.2 Å². The Morgan fingerprint density at radius 2 is 1.88 bits per heavy atom. The van der Waals surface area contributed by atoms with Gasteiger partial charge in [0, 0.05) is 11.8 Å². The molecule has 0 aliphatic carbocycles. The summed E-state index contributed by atoms with van der Waals surface area (Å²) >= 11 is 6.08. The fourth-order valence-corrected chi connectivity index (χ4v) is 2.94. The van der Waals surface area contributed by atoms with E-state index in [-0.39, 0.29) is 22.2 Å². The van der Waals surface area contributed by atoms with E-state index < -0.39 is 30.4 Å². The number of para-hydroxylation sites is 1. The van der Waals surface area contributed by atoms with Crippen LogP contribution in [0.2, 0.25) is 5.02 Å². The zero-order chi connectivity index (χ0) is 23.5. The number of hydrogen-bond donors (Lipinski definition) is 1. The molecule has 7 nitrogen and oxygen atoms in total. The lowest BCUT2D eigenvalue weighted by Gasteiger charge is -2.12. The van der Waals surface area contributed by atoms with Gasteiger partial charge in [-0.3, -0.25) is 4.79 Å². The summed E-state index contributed by atoms with van der Waals surface area (Å²) in [5.74, 6) is -1.56. The lowest BCUT2D eigenvalue weighted by molar-refractivity contribution is -0.141. The number of nitrogens with zero attached hydrogens (tertiary/aromatic N) is 2. The molecule has 168 valence electrons. The summed E-state index contributed by atoms with van der Waals surface area (Å²) in [6.45, 7) is 1.09. The molecule has 0 aliphatic rings. The van der Waals surface area contributed by atoms with E-state index in [4.69, 9.17) is 16.3 Å². The third kappa shape index (κ3) is 5.20. The number of ether oxygens (including phenoxy) is 2. The number of carbonyl (C=O) groups excluding carboxylic acids is 2. The first-order chi connectivity index (χ1) is 15.1. The maximum absolute atomic E-state index is 13.2. The summed E-state index contributed by atoms with van der Waals surface area (Å²) in [6, 6.07) is 11.4. The van der Waals surface area contributed by atoms with Crippen molar-refractivity contribution in [1.29, 1.82) is 0 Å². The van der Waals surface area contributed by atoms with Gasteiger partial charge in [-0.25, -0.2) is 4.79 Å². The van der Waals surface area contributed by atoms with Crippen molar-refractivity contribution in [2.75, 3.05) is 19.0 Å². The molecule has 0 saturated heterocycles. The molecule has 32 heavy (non-hydrogen) atoms. The summed E-state index contributed by atoms with van der Waals surface area (Å²) in [4.78, 5) is 24.1. The highest BCUT2D eigenvalue weighted by atomic mass is 35.5. The van der Waals surface area contributed by atoms with E-state index in [1.54, 1.807) is 25.1 Å². The van der Waals surface area contributed by atoms with Crippen molar-refractivity contribution in [2.24, 2.45) is 0 Å². The van der Waals surface area contributed by atoms with E-state index in [0.29, 0.717) is 17.3 Å². The lowest BCUT2D eigenvalue weighted by atomic mass is 10.1. The maximum Gasteiger partial charge on any atom is 0.435 e. The van der Waals surface area contributed by atoms with Gasteiger partial charge in [-0.15, -0.1) is 0 Å². The van der Waals surface area contributed by atoms with E-state index in [1.165, 1.54) is 31.4 Å². The number of nitrogens with one attached hydrogen (secondary N) is 1. The second kappa shape index (κ2) is 9.31. The molecule has 1 N–H and O–H groups in total. The Bertz CT molecular complexity index is 1160. The minimum absolute atomic E-state index is 0.147. The molecule has 2 aromatic carbocycles. The maximum atomic E-state index is 13.2. The van der Waals surface area contributed by atoms with Crippen LogP contribution in [0.25, 0.3) is 5.69 Å². The number of hydrogen-bond acceptors (Lipinski definition) is 5. The molecule has 0 radical (unpaired) electrons. The van der Waals surface area contributed by atoms with Crippen LogP contribution in [0.5, 0.6) is 5.88 Å². The molecule has 3 rings (SSSR count). The third-order valence-corrected chi connectivity index (χ3v) is 4.65. The smallest absolute Gasteiger partial charge is 0.435 e. The van der Waals surface area contributed by atoms with Gasteiger partial charge in [0.05, 0.1) is 23.4 Å². The molecule has 3 aromatic rings. The Balaban J connectivity index is 1.81. The monoisotopic (exact) mass is 467 g/mol. The van der Waals surface area contributed by atoms with Crippen LogP contribution in [0.1, 0.15) is 21.6 Å². The van der Waals surface area contributed by atoms with Crippen molar-refractivity contribution in [3.63, 3.8) is 0 Å². The minimum atomic E-state index is -4.72. The van der Waals surface area contributed by atoms with Crippen LogP contribution in [0.4, 0.5) is 18.9 Å². The molecule has 1 aromatic heterocycles. The Morgan fingerprint density at radius 1 is 1.16 bits per heavy atom. The van der Waals surface area contributed by atoms with Crippen molar-refractivity contribution in [3.05, 3.63) is 70.4 Å². The SMILES string of the molecule is COC(=O)c1ccc(C)c(NC(=O)COc2cc(C(F)(F)F)nn2-c2ccccc2Cl)c1. The minimum Gasteiger partial charge on any atom is -0.467 e. The number of alkyl halides is 3. The van der Waals surface area contributed by atoms with Crippen LogP contribution in [0.15, 0.2) is 48.5 Å². The fourth-order valence-electron chi connectivity index (χ4n) is 2.73. The molecule has 1 heterocycles. The predicted molar refractivity (Wildman–Crippen MR) is 110 cm³/mol. The zero-order valence-electron chi connectivity index (χ0n) is 16.9. The van der Waals surface area contributed by atoms with Gasteiger partial charge in [0.15, 0.2) is 12.3 Å². The highest BCUT2D eigenvalue weighted by Crippen LogP contribution is 2.33. The molecule has 0 atom stereocenters. The second-order valence-corrected chi connectivity index (χ2v) is 6.99. The van der Waals surface area contributed by atoms with Crippen molar-refractivity contribution < 1.29 is 32.2 Å². The number of esters is 1. The van der Waals surface area contributed by atoms with Gasteiger partial charge in [0.2, 0.25) is 5.88 Å². The van der Waals surface area contributed by atoms with Crippen LogP contribution < -0.4 is 10.1 Å². The molecule has 0 aliphatic heterocycles. The van der Waals surface area contributed by atoms with E-state index in [1.807, 2.05) is 0 Å². The Hall–Kier alpha value is -3.53. The van der Waals surface area contributed by atoms with Crippen molar-refractivity contribution >= 4 is 29.2 Å². The Kier molecular flexibility index (Phi) is 6.73. The molecule has 11 heteroatoms. The number of carbonyl (C=O) groups is 2. The summed E-state index contributed by atoms with van der Waals surface area (Å²) in [6.07, 6.45) is -4.72. The van der Waals surface area contributed by atoms with Crippen molar-refractivity contribution in [3.8, 4) is 11.6 Å². The van der Waals surface area contributed by atoms with Gasteiger partial charge >= 0.3 is 12.1 Å². The van der Waals surface area contributed by atoms with Crippen LogP contribution in [0, 0.1) is 6.92 Å². The van der Waals surface area contributed by atoms with E-state index in [9.17, 15) is 22.8 Å². The normalized spacial score (nSPS) is 11.2. The molecular formula is C21H17ClF3N3O4. The van der Waals surface area contributed by atoms with Gasteiger partial charge in [-0.1, -0.05) is 29.8 Å². The molecule has 0 spiro atoms. The first-order valence-corrected chi connectivity index (χ1v) is 9.51. The fraction of sp³-hybridized carbons (Fsp3) is 0.190. The number of halogens is 4. The van der Waals surface area contributed by atoms with Crippen LogP contribution in [-0.2, 0) is 15.7 Å². The standard InChI is InChI=1S/C21H17ClF3N3O4/c1-12-7-8-13(20(30)31-2)9-15(12)26-18(29)11-32-19-10-17(21(23,24)25)27-28(19)16-6-4-3-5-14(16)22/h3-10H,11H2,1-2H3,(H,26,29). The second-order valence-electron chi connectivity index (χ2n) is 6.59. The third-order valence-electron chi connectivity index (χ3n) is 4.33. The number of anilines is 1. The lowest BCUT2D eigenvalue weighted by Crippen LogP contribution is -2.21. The molecule has 1 amide bonds. The number of aryl methyl sites for hydroxylation is 1. The molecule has 0 unspecified atom stereocenters. The number of amides is 1. The number of benzene rings is 2. The summed E-state index contributed by atoms with van der Waals surface area (Å²) in [5.41, 5.74) is 0.167. The highest BCUT2D eigenvalue weighted by Gasteiger charge is 2.36. The van der Waals surface area contributed by atoms with Crippen molar-refractivity contribution in [1.82, 2.24) is 9.78 Å². The topological polar surface area (TPSA) is 82.4 Å². The molecule has 0 fully saturated rings. The highest BCUT2D eigenvalue weighted by molar-refractivity contribution is 6.32. The average Bonchev–Trinajstić information content (AvgIpc) is 3.18. The van der Waals surface area contributed by atoms with Crippen LogP contribution in [0.3, 0.4) is 0 Å². The Labute approximate surface area is 185 Å². The molecule has 0 bridgehead atoms. The van der Waals surface area contributed by atoms with E-state index >= 15 is 0 Å². The Morgan fingerprint density at radius 3 is 2.53 bits per heavy atom. The first-order valence-electron chi connectivity index (χ1n) is 9.14. The molecular weight excluding hydrogens is 451 g/mol.